The lowest BCUT2D eigenvalue weighted by atomic mass is 10.1. The number of hydrogen-bond donors (Lipinski definition) is 1. The highest BCUT2D eigenvalue weighted by atomic mass is 32.2. The standard InChI is InChI=1S/C14H19NO5S/c1-15(12-7-5-11(6-8-12)14(16)17)21(18,19)10-13-4-2-3-9-20-13/h5-8,13H,2-4,9-10H2,1H3,(H,16,17). The quantitative estimate of drug-likeness (QED) is 0.895. The van der Waals surface area contributed by atoms with Gasteiger partial charge >= 0.3 is 5.97 Å². The van der Waals surface area contributed by atoms with Crippen LogP contribution in [0.2, 0.25) is 0 Å². The smallest absolute Gasteiger partial charge is 0.335 e. The third-order valence-corrected chi connectivity index (χ3v) is 5.40. The number of aromatic carboxylic acids is 1. The summed E-state index contributed by atoms with van der Waals surface area (Å²) in [6, 6.07) is 5.76. The lowest BCUT2D eigenvalue weighted by Crippen LogP contribution is -2.36. The van der Waals surface area contributed by atoms with E-state index in [1.165, 1.54) is 35.6 Å². The molecule has 0 bridgehead atoms. The molecule has 1 atom stereocenters. The monoisotopic (exact) mass is 313 g/mol. The van der Waals surface area contributed by atoms with Crippen molar-refractivity contribution in [2.24, 2.45) is 0 Å². The van der Waals surface area contributed by atoms with Gasteiger partial charge in [0.25, 0.3) is 0 Å². The van der Waals surface area contributed by atoms with Crippen LogP contribution in [0.4, 0.5) is 5.69 Å². The van der Waals surface area contributed by atoms with Gasteiger partial charge in [-0.05, 0) is 43.5 Å². The van der Waals surface area contributed by atoms with Gasteiger partial charge in [0, 0.05) is 13.7 Å². The van der Waals surface area contributed by atoms with Crippen molar-refractivity contribution in [2.75, 3.05) is 23.7 Å². The van der Waals surface area contributed by atoms with Gasteiger partial charge in [0.15, 0.2) is 0 Å². The van der Waals surface area contributed by atoms with E-state index >= 15 is 0 Å². The highest BCUT2D eigenvalue weighted by Gasteiger charge is 2.26. The van der Waals surface area contributed by atoms with E-state index in [2.05, 4.69) is 0 Å². The van der Waals surface area contributed by atoms with Gasteiger partial charge in [-0.2, -0.15) is 0 Å². The molecule has 0 saturated carbocycles. The molecular weight excluding hydrogens is 294 g/mol. The van der Waals surface area contributed by atoms with E-state index in [0.717, 1.165) is 19.3 Å². The second-order valence-electron chi connectivity index (χ2n) is 5.09. The molecule has 1 N–H and O–H groups in total. The summed E-state index contributed by atoms with van der Waals surface area (Å²) in [7, 11) is -2.02. The average Bonchev–Trinajstić information content (AvgIpc) is 2.47. The van der Waals surface area contributed by atoms with Crippen LogP contribution in [-0.2, 0) is 14.8 Å². The van der Waals surface area contributed by atoms with Crippen LogP contribution in [0.15, 0.2) is 24.3 Å². The van der Waals surface area contributed by atoms with E-state index in [9.17, 15) is 13.2 Å². The van der Waals surface area contributed by atoms with E-state index < -0.39 is 16.0 Å². The first-order valence-electron chi connectivity index (χ1n) is 6.82. The summed E-state index contributed by atoms with van der Waals surface area (Å²) < 4.78 is 31.3. The van der Waals surface area contributed by atoms with Crippen LogP contribution in [0, 0.1) is 0 Å². The summed E-state index contributed by atoms with van der Waals surface area (Å²) >= 11 is 0. The minimum atomic E-state index is -3.49. The molecule has 116 valence electrons. The van der Waals surface area contributed by atoms with E-state index in [1.807, 2.05) is 0 Å². The van der Waals surface area contributed by atoms with Gasteiger partial charge in [-0.15, -0.1) is 0 Å². The zero-order valence-electron chi connectivity index (χ0n) is 11.9. The molecule has 1 heterocycles. The number of anilines is 1. The maximum absolute atomic E-state index is 12.3. The van der Waals surface area contributed by atoms with Crippen molar-refractivity contribution in [1.82, 2.24) is 0 Å². The molecular formula is C14H19NO5S. The van der Waals surface area contributed by atoms with Gasteiger partial charge in [0.2, 0.25) is 10.0 Å². The van der Waals surface area contributed by atoms with Gasteiger partial charge in [-0.1, -0.05) is 0 Å². The second kappa shape index (κ2) is 6.44. The van der Waals surface area contributed by atoms with Gasteiger partial charge in [-0.25, -0.2) is 13.2 Å². The predicted molar refractivity (Wildman–Crippen MR) is 79.2 cm³/mol. The van der Waals surface area contributed by atoms with Gasteiger partial charge < -0.3 is 9.84 Å². The first-order chi connectivity index (χ1) is 9.90. The highest BCUT2D eigenvalue weighted by molar-refractivity contribution is 7.92. The molecule has 0 amide bonds. The highest BCUT2D eigenvalue weighted by Crippen LogP contribution is 2.21. The number of ether oxygens (including phenoxy) is 1. The van der Waals surface area contributed by atoms with Crippen molar-refractivity contribution in [3.63, 3.8) is 0 Å². The maximum atomic E-state index is 12.3. The number of hydrogen-bond acceptors (Lipinski definition) is 4. The van der Waals surface area contributed by atoms with Crippen molar-refractivity contribution in [1.29, 1.82) is 0 Å². The molecule has 1 fully saturated rings. The van der Waals surface area contributed by atoms with Crippen LogP contribution >= 0.6 is 0 Å². The van der Waals surface area contributed by atoms with Crippen molar-refractivity contribution in [3.8, 4) is 0 Å². The summed E-state index contributed by atoms with van der Waals surface area (Å²) in [5.41, 5.74) is 0.566. The molecule has 1 saturated heterocycles. The number of carboxylic acid groups (broad SMARTS) is 1. The summed E-state index contributed by atoms with van der Waals surface area (Å²) in [4.78, 5) is 10.8. The van der Waals surface area contributed by atoms with Gasteiger partial charge in [-0.3, -0.25) is 4.31 Å². The Bertz CT molecular complexity index is 590. The SMILES string of the molecule is CN(c1ccc(C(=O)O)cc1)S(=O)(=O)CC1CCCCO1. The summed E-state index contributed by atoms with van der Waals surface area (Å²) in [5.74, 6) is -1.09. The van der Waals surface area contributed by atoms with Crippen molar-refractivity contribution in [3.05, 3.63) is 29.8 Å². The number of benzene rings is 1. The Hall–Kier alpha value is -1.60. The average molecular weight is 313 g/mol. The Morgan fingerprint density at radius 2 is 2.00 bits per heavy atom. The van der Waals surface area contributed by atoms with E-state index in [0.29, 0.717) is 12.3 Å². The lowest BCUT2D eigenvalue weighted by Gasteiger charge is -2.26. The summed E-state index contributed by atoms with van der Waals surface area (Å²) in [6.45, 7) is 0.608. The molecule has 21 heavy (non-hydrogen) atoms. The van der Waals surface area contributed by atoms with Crippen molar-refractivity contribution >= 4 is 21.7 Å². The molecule has 6 nitrogen and oxygen atoms in total. The van der Waals surface area contributed by atoms with Crippen LogP contribution in [0.1, 0.15) is 29.6 Å². The fraction of sp³-hybridized carbons (Fsp3) is 0.500. The third-order valence-electron chi connectivity index (χ3n) is 3.57. The Kier molecular flexibility index (Phi) is 4.84. The normalized spacial score (nSPS) is 19.2. The molecule has 0 aromatic heterocycles. The van der Waals surface area contributed by atoms with Crippen LogP contribution in [0.5, 0.6) is 0 Å². The van der Waals surface area contributed by atoms with E-state index in [4.69, 9.17) is 9.84 Å². The number of sulfonamides is 1. The zero-order valence-corrected chi connectivity index (χ0v) is 12.7. The fourth-order valence-electron chi connectivity index (χ4n) is 2.26. The van der Waals surface area contributed by atoms with Crippen LogP contribution in [0.3, 0.4) is 0 Å². The molecule has 2 rings (SSSR count). The second-order valence-corrected chi connectivity index (χ2v) is 7.13. The Morgan fingerprint density at radius 3 is 2.52 bits per heavy atom. The zero-order chi connectivity index (χ0) is 15.5. The molecule has 1 aliphatic heterocycles. The lowest BCUT2D eigenvalue weighted by molar-refractivity contribution is 0.0305. The number of carbonyl (C=O) groups is 1. The topological polar surface area (TPSA) is 83.9 Å². The van der Waals surface area contributed by atoms with Crippen LogP contribution in [-0.4, -0.2) is 45.0 Å². The van der Waals surface area contributed by atoms with Crippen LogP contribution < -0.4 is 4.31 Å². The minimum Gasteiger partial charge on any atom is -0.478 e. The molecule has 0 spiro atoms. The number of nitrogens with zero attached hydrogens (tertiary/aromatic N) is 1. The van der Waals surface area contributed by atoms with Crippen LogP contribution in [0.25, 0.3) is 0 Å². The third kappa shape index (κ3) is 3.95. The maximum Gasteiger partial charge on any atom is 0.335 e. The molecule has 0 radical (unpaired) electrons. The minimum absolute atomic E-state index is 0.0514. The summed E-state index contributed by atoms with van der Waals surface area (Å²) in [6.07, 6.45) is 2.45. The molecule has 0 aliphatic carbocycles. The van der Waals surface area contributed by atoms with Crippen molar-refractivity contribution < 1.29 is 23.1 Å². The number of carboxylic acids is 1. The molecule has 1 unspecified atom stereocenters. The molecule has 7 heteroatoms. The Balaban J connectivity index is 2.09. The van der Waals surface area contributed by atoms with Gasteiger partial charge in [0.1, 0.15) is 0 Å². The first kappa shape index (κ1) is 15.8. The number of rotatable bonds is 5. The fourth-order valence-corrected chi connectivity index (χ4v) is 3.66. The Morgan fingerprint density at radius 1 is 1.33 bits per heavy atom. The summed E-state index contributed by atoms with van der Waals surface area (Å²) in [5, 5.41) is 8.84. The molecule has 1 aliphatic rings. The van der Waals surface area contributed by atoms with Gasteiger partial charge in [0.05, 0.1) is 23.1 Å². The predicted octanol–water partition coefficient (Wildman–Crippen LogP) is 1.72. The molecule has 1 aromatic rings. The largest absolute Gasteiger partial charge is 0.478 e. The molecule has 1 aromatic carbocycles. The first-order valence-corrected chi connectivity index (χ1v) is 8.42. The van der Waals surface area contributed by atoms with E-state index in [1.54, 1.807) is 0 Å². The Labute approximate surface area is 124 Å². The van der Waals surface area contributed by atoms with E-state index in [-0.39, 0.29) is 17.4 Å². The van der Waals surface area contributed by atoms with Crippen molar-refractivity contribution in [2.45, 2.75) is 25.4 Å².